The number of halogens is 1. The van der Waals surface area contributed by atoms with Gasteiger partial charge in [0.2, 0.25) is 5.13 Å². The Morgan fingerprint density at radius 1 is 1.12 bits per heavy atom. The van der Waals surface area contributed by atoms with Crippen molar-refractivity contribution in [1.29, 1.82) is 0 Å². The highest BCUT2D eigenvalue weighted by Crippen LogP contribution is 2.36. The van der Waals surface area contributed by atoms with Crippen LogP contribution in [0.3, 0.4) is 0 Å². The van der Waals surface area contributed by atoms with Gasteiger partial charge in [0, 0.05) is 41.1 Å². The summed E-state index contributed by atoms with van der Waals surface area (Å²) in [4.78, 5) is 18.2. The highest BCUT2D eigenvalue weighted by atomic mass is 35.5. The van der Waals surface area contributed by atoms with E-state index in [-0.39, 0.29) is 18.2 Å². The van der Waals surface area contributed by atoms with Gasteiger partial charge in [0.15, 0.2) is 17.4 Å². The highest BCUT2D eigenvalue weighted by Gasteiger charge is 2.27. The van der Waals surface area contributed by atoms with Gasteiger partial charge in [-0.05, 0) is 38.1 Å². The lowest BCUT2D eigenvalue weighted by Gasteiger charge is -2.15. The zero-order valence-electron chi connectivity index (χ0n) is 17.7. The number of aliphatic hydroxyl groups is 2. The Balaban J connectivity index is 0.00000306. The Labute approximate surface area is 204 Å². The fourth-order valence-corrected chi connectivity index (χ4v) is 4.00. The third-order valence-electron chi connectivity index (χ3n) is 4.31. The lowest BCUT2D eigenvalue weighted by molar-refractivity contribution is -0.00865. The average molecular weight is 505 g/mol. The van der Waals surface area contributed by atoms with Crippen molar-refractivity contribution in [3.05, 3.63) is 66.5 Å². The van der Waals surface area contributed by atoms with Crippen LogP contribution in [-0.2, 0) is 5.60 Å². The molecule has 9 nitrogen and oxygen atoms in total. The first kappa shape index (κ1) is 24.8. The molecule has 0 bridgehead atoms. The summed E-state index contributed by atoms with van der Waals surface area (Å²) in [5.41, 5.74) is -0.794. The Morgan fingerprint density at radius 2 is 1.94 bits per heavy atom. The predicted octanol–water partition coefficient (Wildman–Crippen LogP) is 4.34. The van der Waals surface area contributed by atoms with Gasteiger partial charge in [0.1, 0.15) is 16.4 Å². The Morgan fingerprint density at radius 3 is 2.67 bits per heavy atom. The van der Waals surface area contributed by atoms with Crippen LogP contribution >= 0.6 is 35.7 Å². The maximum absolute atomic E-state index is 10.2. The van der Waals surface area contributed by atoms with Crippen LogP contribution in [0.15, 0.2) is 64.9 Å². The summed E-state index contributed by atoms with van der Waals surface area (Å²) in [6.45, 7) is 2.81. The monoisotopic (exact) mass is 504 g/mol. The highest BCUT2D eigenvalue weighted by molar-refractivity contribution is 7.99. The van der Waals surface area contributed by atoms with Gasteiger partial charge in [-0.15, -0.1) is 12.4 Å². The molecule has 0 fully saturated rings. The van der Waals surface area contributed by atoms with Gasteiger partial charge in [-0.2, -0.15) is 4.37 Å². The molecule has 0 spiro atoms. The number of aliphatic hydroxyl groups excluding tert-OH is 1. The molecule has 12 heteroatoms. The quantitative estimate of drug-likeness (QED) is 0.319. The van der Waals surface area contributed by atoms with E-state index >= 15 is 0 Å². The molecule has 0 aliphatic carbocycles. The van der Waals surface area contributed by atoms with Crippen molar-refractivity contribution < 1.29 is 14.9 Å². The second-order valence-electron chi connectivity index (χ2n) is 6.96. The minimum atomic E-state index is -1.53. The number of hydrogen-bond donors (Lipinski definition) is 3. The smallest absolute Gasteiger partial charge is 0.208 e. The SMILES string of the molecule is Cc1ncccc1Oc1cc(Sc2ccccn2)cnc1Nc1nc([C@](C)(O)CO)ns1.Cl. The summed E-state index contributed by atoms with van der Waals surface area (Å²) in [5.74, 6) is 1.61. The summed E-state index contributed by atoms with van der Waals surface area (Å²) in [7, 11) is 0. The predicted molar refractivity (Wildman–Crippen MR) is 129 cm³/mol. The van der Waals surface area contributed by atoms with E-state index in [0.717, 1.165) is 27.1 Å². The van der Waals surface area contributed by atoms with Crippen LogP contribution in [0.1, 0.15) is 18.4 Å². The molecule has 0 radical (unpaired) electrons. The summed E-state index contributed by atoms with van der Waals surface area (Å²) in [6, 6.07) is 11.2. The lowest BCUT2D eigenvalue weighted by atomic mass is 10.1. The van der Waals surface area contributed by atoms with Crippen molar-refractivity contribution in [3.8, 4) is 11.5 Å². The summed E-state index contributed by atoms with van der Waals surface area (Å²) >= 11 is 2.50. The van der Waals surface area contributed by atoms with Crippen molar-refractivity contribution in [2.75, 3.05) is 11.9 Å². The maximum atomic E-state index is 10.2. The molecule has 0 unspecified atom stereocenters. The van der Waals surface area contributed by atoms with Crippen molar-refractivity contribution >= 4 is 46.7 Å². The molecule has 0 amide bonds. The second-order valence-corrected chi connectivity index (χ2v) is 8.80. The minimum Gasteiger partial charge on any atom is -0.452 e. The first-order valence-electron chi connectivity index (χ1n) is 9.57. The van der Waals surface area contributed by atoms with Crippen LogP contribution in [-0.4, -0.2) is 41.1 Å². The Kier molecular flexibility index (Phi) is 8.16. The average Bonchev–Trinajstić information content (AvgIpc) is 3.27. The van der Waals surface area contributed by atoms with Gasteiger partial charge in [0.25, 0.3) is 0 Å². The van der Waals surface area contributed by atoms with Gasteiger partial charge in [-0.3, -0.25) is 4.98 Å². The maximum Gasteiger partial charge on any atom is 0.208 e. The standard InChI is InChI=1S/C21H20N6O3S2.ClH/c1-13-15(6-5-9-22-13)30-16-10-14(31-17-7-3-4-8-23-17)11-24-18(16)25-20-26-19(27-32-20)21(2,29)12-28;/h3-11,28-29H,12H2,1-2H3,(H,24,25,26,27);1H/t21-;/m1./s1. The van der Waals surface area contributed by atoms with E-state index in [1.165, 1.54) is 18.7 Å². The number of nitrogens with one attached hydrogen (secondary N) is 1. The number of anilines is 2. The molecule has 4 aromatic heterocycles. The van der Waals surface area contributed by atoms with Gasteiger partial charge in [-0.25, -0.2) is 15.0 Å². The molecule has 33 heavy (non-hydrogen) atoms. The number of rotatable bonds is 8. The van der Waals surface area contributed by atoms with Crippen LogP contribution in [0.5, 0.6) is 11.5 Å². The molecule has 0 saturated carbocycles. The zero-order chi connectivity index (χ0) is 22.6. The molecule has 4 rings (SSSR count). The Hall–Kier alpha value is -2.83. The van der Waals surface area contributed by atoms with Gasteiger partial charge in [-0.1, -0.05) is 17.8 Å². The molecule has 4 heterocycles. The van der Waals surface area contributed by atoms with Crippen LogP contribution in [0, 0.1) is 6.92 Å². The van der Waals surface area contributed by atoms with E-state index < -0.39 is 12.2 Å². The Bertz CT molecular complexity index is 1210. The third-order valence-corrected chi connectivity index (χ3v) is 5.85. The van der Waals surface area contributed by atoms with E-state index in [2.05, 4.69) is 29.6 Å². The number of hydrogen-bond acceptors (Lipinski definition) is 11. The van der Waals surface area contributed by atoms with E-state index in [1.807, 2.05) is 37.3 Å². The normalized spacial score (nSPS) is 12.5. The molecular weight excluding hydrogens is 484 g/mol. The number of pyridine rings is 3. The molecule has 172 valence electrons. The van der Waals surface area contributed by atoms with E-state index in [9.17, 15) is 10.2 Å². The van der Waals surface area contributed by atoms with Crippen LogP contribution in [0.25, 0.3) is 0 Å². The first-order valence-corrected chi connectivity index (χ1v) is 11.2. The number of nitrogens with zero attached hydrogens (tertiary/aromatic N) is 5. The van der Waals surface area contributed by atoms with E-state index in [0.29, 0.717) is 22.4 Å². The molecular formula is C21H21ClN6O3S2. The van der Waals surface area contributed by atoms with Gasteiger partial charge in [0.05, 0.1) is 12.3 Å². The zero-order valence-corrected chi connectivity index (χ0v) is 20.1. The molecule has 0 aliphatic rings. The number of ether oxygens (including phenoxy) is 1. The van der Waals surface area contributed by atoms with Crippen molar-refractivity contribution in [2.45, 2.75) is 29.4 Å². The van der Waals surface area contributed by atoms with Crippen molar-refractivity contribution in [1.82, 2.24) is 24.3 Å². The topological polar surface area (TPSA) is 126 Å². The lowest BCUT2D eigenvalue weighted by Crippen LogP contribution is -2.27. The van der Waals surface area contributed by atoms with Crippen LogP contribution in [0.4, 0.5) is 10.9 Å². The summed E-state index contributed by atoms with van der Waals surface area (Å²) < 4.78 is 10.3. The molecule has 3 N–H and O–H groups in total. The molecule has 1 atom stereocenters. The second kappa shape index (κ2) is 10.9. The first-order chi connectivity index (χ1) is 15.4. The molecule has 0 saturated heterocycles. The van der Waals surface area contributed by atoms with Crippen LogP contribution in [0.2, 0.25) is 0 Å². The largest absolute Gasteiger partial charge is 0.452 e. The van der Waals surface area contributed by atoms with Gasteiger partial charge >= 0.3 is 0 Å². The summed E-state index contributed by atoms with van der Waals surface area (Å²) in [6.07, 6.45) is 5.13. The number of aryl methyl sites for hydroxylation is 1. The van der Waals surface area contributed by atoms with Crippen molar-refractivity contribution in [3.63, 3.8) is 0 Å². The number of aromatic nitrogens is 5. The van der Waals surface area contributed by atoms with Gasteiger partial charge < -0.3 is 20.3 Å². The summed E-state index contributed by atoms with van der Waals surface area (Å²) in [5, 5.41) is 23.8. The fourth-order valence-electron chi connectivity index (χ4n) is 2.54. The molecule has 4 aromatic rings. The van der Waals surface area contributed by atoms with E-state index in [1.54, 1.807) is 24.7 Å². The molecule has 0 aromatic carbocycles. The minimum absolute atomic E-state index is 0. The van der Waals surface area contributed by atoms with E-state index in [4.69, 9.17) is 4.74 Å². The van der Waals surface area contributed by atoms with Crippen LogP contribution < -0.4 is 10.1 Å². The van der Waals surface area contributed by atoms with Crippen molar-refractivity contribution in [2.24, 2.45) is 0 Å². The molecule has 0 aliphatic heterocycles. The fraction of sp³-hybridized carbons (Fsp3) is 0.190. The third kappa shape index (κ3) is 6.15.